The van der Waals surface area contributed by atoms with Crippen LogP contribution in [0.25, 0.3) is 0 Å². The Morgan fingerprint density at radius 1 is 0.800 bits per heavy atom. The van der Waals surface area contributed by atoms with Crippen LogP contribution in [0.5, 0.6) is 11.5 Å². The monoisotopic (exact) mass is 404 g/mol. The third-order valence-corrected chi connectivity index (χ3v) is 4.68. The SMILES string of the molecule is COc1cc(OC)cc(C(=O)Nc2ccccc2C(=O)N[C@H](C)c2ccccc2)c1. The molecule has 30 heavy (non-hydrogen) atoms. The van der Waals surface area contributed by atoms with Gasteiger partial charge in [-0.05, 0) is 36.8 Å². The fourth-order valence-electron chi connectivity index (χ4n) is 3.02. The van der Waals surface area contributed by atoms with Crippen LogP contribution in [0, 0.1) is 0 Å². The Hall–Kier alpha value is -3.80. The standard InChI is InChI=1S/C24H24N2O4/c1-16(17-9-5-4-6-10-17)25-24(28)21-11-7-8-12-22(21)26-23(27)18-13-19(29-2)15-20(14-18)30-3/h4-16H,1-3H3,(H,25,28)(H,26,27)/t16-/m1/s1. The quantitative estimate of drug-likeness (QED) is 0.610. The van der Waals surface area contributed by atoms with E-state index in [9.17, 15) is 9.59 Å². The molecule has 0 saturated carbocycles. The van der Waals surface area contributed by atoms with E-state index in [2.05, 4.69) is 10.6 Å². The topological polar surface area (TPSA) is 76.7 Å². The van der Waals surface area contributed by atoms with Gasteiger partial charge < -0.3 is 20.1 Å². The molecule has 0 aliphatic carbocycles. The Kier molecular flexibility index (Phi) is 6.70. The summed E-state index contributed by atoms with van der Waals surface area (Å²) in [5.41, 5.74) is 2.15. The highest BCUT2D eigenvalue weighted by Crippen LogP contribution is 2.24. The van der Waals surface area contributed by atoms with Crippen molar-refractivity contribution >= 4 is 17.5 Å². The maximum absolute atomic E-state index is 12.9. The predicted octanol–water partition coefficient (Wildman–Crippen LogP) is 4.45. The molecule has 3 aromatic carbocycles. The highest BCUT2D eigenvalue weighted by atomic mass is 16.5. The van der Waals surface area contributed by atoms with Crippen LogP contribution in [0.1, 0.15) is 39.2 Å². The second kappa shape index (κ2) is 9.60. The van der Waals surface area contributed by atoms with Gasteiger partial charge in [-0.15, -0.1) is 0 Å². The van der Waals surface area contributed by atoms with Gasteiger partial charge in [-0.2, -0.15) is 0 Å². The Bertz CT molecular complexity index is 1010. The molecule has 0 aliphatic rings. The lowest BCUT2D eigenvalue weighted by atomic mass is 10.1. The van der Waals surface area contributed by atoms with Crippen molar-refractivity contribution in [1.29, 1.82) is 0 Å². The molecule has 0 radical (unpaired) electrons. The van der Waals surface area contributed by atoms with E-state index in [-0.39, 0.29) is 17.9 Å². The fraction of sp³-hybridized carbons (Fsp3) is 0.167. The number of carbonyl (C=O) groups excluding carboxylic acids is 2. The minimum Gasteiger partial charge on any atom is -0.497 e. The van der Waals surface area contributed by atoms with Gasteiger partial charge >= 0.3 is 0 Å². The molecule has 2 amide bonds. The van der Waals surface area contributed by atoms with Crippen LogP contribution >= 0.6 is 0 Å². The fourth-order valence-corrected chi connectivity index (χ4v) is 3.02. The number of rotatable bonds is 7. The third-order valence-electron chi connectivity index (χ3n) is 4.68. The van der Waals surface area contributed by atoms with Crippen molar-refractivity contribution < 1.29 is 19.1 Å². The summed E-state index contributed by atoms with van der Waals surface area (Å²) in [6.45, 7) is 1.91. The van der Waals surface area contributed by atoms with Crippen molar-refractivity contribution in [3.63, 3.8) is 0 Å². The maximum atomic E-state index is 12.9. The smallest absolute Gasteiger partial charge is 0.255 e. The minimum atomic E-state index is -0.372. The van der Waals surface area contributed by atoms with Gasteiger partial charge in [0.25, 0.3) is 11.8 Å². The lowest BCUT2D eigenvalue weighted by Crippen LogP contribution is -2.28. The zero-order valence-corrected chi connectivity index (χ0v) is 17.1. The van der Waals surface area contributed by atoms with E-state index >= 15 is 0 Å². The molecule has 2 N–H and O–H groups in total. The van der Waals surface area contributed by atoms with E-state index in [1.807, 2.05) is 37.3 Å². The Morgan fingerprint density at radius 2 is 1.40 bits per heavy atom. The van der Waals surface area contributed by atoms with E-state index in [1.54, 1.807) is 42.5 Å². The van der Waals surface area contributed by atoms with Crippen LogP contribution in [-0.2, 0) is 0 Å². The van der Waals surface area contributed by atoms with Crippen LogP contribution < -0.4 is 20.1 Å². The first-order chi connectivity index (χ1) is 14.5. The highest BCUT2D eigenvalue weighted by molar-refractivity contribution is 6.09. The van der Waals surface area contributed by atoms with Gasteiger partial charge in [0.2, 0.25) is 0 Å². The second-order valence-corrected chi connectivity index (χ2v) is 6.71. The van der Waals surface area contributed by atoms with Crippen LogP contribution in [0.15, 0.2) is 72.8 Å². The van der Waals surface area contributed by atoms with Crippen LogP contribution in [0.3, 0.4) is 0 Å². The summed E-state index contributed by atoms with van der Waals surface area (Å²) in [5, 5.41) is 5.78. The van der Waals surface area contributed by atoms with Gasteiger partial charge in [0.1, 0.15) is 11.5 Å². The number of amides is 2. The van der Waals surface area contributed by atoms with Crippen molar-refractivity contribution in [3.05, 3.63) is 89.5 Å². The molecule has 0 fully saturated rings. The molecule has 0 bridgehead atoms. The average Bonchev–Trinajstić information content (AvgIpc) is 2.79. The molecule has 3 aromatic rings. The van der Waals surface area contributed by atoms with E-state index in [0.29, 0.717) is 28.3 Å². The number of methoxy groups -OCH3 is 2. The van der Waals surface area contributed by atoms with Gasteiger partial charge in [0, 0.05) is 11.6 Å². The van der Waals surface area contributed by atoms with Crippen LogP contribution in [-0.4, -0.2) is 26.0 Å². The Labute approximate surface area is 175 Å². The molecule has 0 aromatic heterocycles. The van der Waals surface area contributed by atoms with Crippen LogP contribution in [0.4, 0.5) is 5.69 Å². The van der Waals surface area contributed by atoms with Gasteiger partial charge in [-0.25, -0.2) is 0 Å². The van der Waals surface area contributed by atoms with Crippen molar-refractivity contribution in [3.8, 4) is 11.5 Å². The number of carbonyl (C=O) groups is 2. The molecule has 154 valence electrons. The van der Waals surface area contributed by atoms with E-state index in [1.165, 1.54) is 14.2 Å². The summed E-state index contributed by atoms with van der Waals surface area (Å²) in [6.07, 6.45) is 0. The number of hydrogen-bond acceptors (Lipinski definition) is 4. The average molecular weight is 404 g/mol. The van der Waals surface area contributed by atoms with Gasteiger partial charge in [0.15, 0.2) is 0 Å². The molecule has 6 nitrogen and oxygen atoms in total. The summed E-state index contributed by atoms with van der Waals surface area (Å²) in [4.78, 5) is 25.7. The molecule has 3 rings (SSSR count). The normalized spacial score (nSPS) is 11.3. The summed E-state index contributed by atoms with van der Waals surface area (Å²) < 4.78 is 10.4. The zero-order chi connectivity index (χ0) is 21.5. The molecule has 0 unspecified atom stereocenters. The first kappa shape index (κ1) is 20.9. The zero-order valence-electron chi connectivity index (χ0n) is 17.1. The molecule has 0 heterocycles. The van der Waals surface area contributed by atoms with Crippen LogP contribution in [0.2, 0.25) is 0 Å². The van der Waals surface area contributed by atoms with Gasteiger partial charge in [-0.3, -0.25) is 9.59 Å². The molecule has 1 atom stereocenters. The first-order valence-corrected chi connectivity index (χ1v) is 9.51. The first-order valence-electron chi connectivity index (χ1n) is 9.51. The Balaban J connectivity index is 1.80. The highest BCUT2D eigenvalue weighted by Gasteiger charge is 2.17. The summed E-state index contributed by atoms with van der Waals surface area (Å²) in [5.74, 6) is 0.360. The van der Waals surface area contributed by atoms with E-state index in [4.69, 9.17) is 9.47 Å². The molecular formula is C24H24N2O4. The van der Waals surface area contributed by atoms with E-state index in [0.717, 1.165) is 5.56 Å². The van der Waals surface area contributed by atoms with E-state index < -0.39 is 0 Å². The molecule has 6 heteroatoms. The van der Waals surface area contributed by atoms with Crippen molar-refractivity contribution in [2.75, 3.05) is 19.5 Å². The molecule has 0 saturated heterocycles. The largest absolute Gasteiger partial charge is 0.497 e. The maximum Gasteiger partial charge on any atom is 0.255 e. The number of benzene rings is 3. The summed E-state index contributed by atoms with van der Waals surface area (Å²) in [7, 11) is 3.04. The number of hydrogen-bond donors (Lipinski definition) is 2. The minimum absolute atomic E-state index is 0.176. The van der Waals surface area contributed by atoms with Gasteiger partial charge in [-0.1, -0.05) is 42.5 Å². The second-order valence-electron chi connectivity index (χ2n) is 6.71. The number of anilines is 1. The summed E-state index contributed by atoms with van der Waals surface area (Å²) in [6, 6.07) is 21.3. The van der Waals surface area contributed by atoms with Crippen molar-refractivity contribution in [2.24, 2.45) is 0 Å². The molecule has 0 spiro atoms. The Morgan fingerprint density at radius 3 is 2.03 bits per heavy atom. The summed E-state index contributed by atoms with van der Waals surface area (Å²) >= 11 is 0. The number of ether oxygens (including phenoxy) is 2. The molecular weight excluding hydrogens is 380 g/mol. The number of para-hydroxylation sites is 1. The third kappa shape index (κ3) is 4.97. The lowest BCUT2D eigenvalue weighted by molar-refractivity contribution is 0.0940. The van der Waals surface area contributed by atoms with Crippen molar-refractivity contribution in [2.45, 2.75) is 13.0 Å². The predicted molar refractivity (Wildman–Crippen MR) is 116 cm³/mol. The number of nitrogens with one attached hydrogen (secondary N) is 2. The van der Waals surface area contributed by atoms with Crippen molar-refractivity contribution in [1.82, 2.24) is 5.32 Å². The van der Waals surface area contributed by atoms with Gasteiger partial charge in [0.05, 0.1) is 31.5 Å². The lowest BCUT2D eigenvalue weighted by Gasteiger charge is -2.16. The molecule has 0 aliphatic heterocycles.